The molecular formula is C20H23N3O5S. The minimum atomic E-state index is -3.89. The van der Waals surface area contributed by atoms with Crippen molar-refractivity contribution in [3.05, 3.63) is 54.1 Å². The number of hydrogen-bond acceptors (Lipinski definition) is 6. The summed E-state index contributed by atoms with van der Waals surface area (Å²) >= 11 is 0. The number of nitrogens with zero attached hydrogens (tertiary/aromatic N) is 3. The van der Waals surface area contributed by atoms with Gasteiger partial charge in [-0.3, -0.25) is 9.63 Å². The molecule has 29 heavy (non-hydrogen) atoms. The second kappa shape index (κ2) is 10.0. The normalized spacial score (nSPS) is 11.1. The SMILES string of the molecule is CCOc1ccc(N(CCC#N)C(=O)c2cccc(S(=O)(=O)N(C)OC)c2)cc1. The molecule has 0 spiro atoms. The van der Waals surface area contributed by atoms with Crippen molar-refractivity contribution in [3.8, 4) is 11.8 Å². The average Bonchev–Trinajstić information content (AvgIpc) is 2.74. The zero-order chi connectivity index (χ0) is 21.4. The third-order valence-corrected chi connectivity index (χ3v) is 5.80. The lowest BCUT2D eigenvalue weighted by Gasteiger charge is -2.23. The summed E-state index contributed by atoms with van der Waals surface area (Å²) < 4.78 is 31.1. The maximum atomic E-state index is 13.1. The van der Waals surface area contributed by atoms with Gasteiger partial charge in [0.1, 0.15) is 5.75 Å². The van der Waals surface area contributed by atoms with E-state index in [0.29, 0.717) is 18.0 Å². The summed E-state index contributed by atoms with van der Waals surface area (Å²) in [4.78, 5) is 19.3. The molecule has 0 aliphatic heterocycles. The van der Waals surface area contributed by atoms with Crippen molar-refractivity contribution in [2.24, 2.45) is 0 Å². The first-order valence-electron chi connectivity index (χ1n) is 8.90. The molecule has 0 unspecified atom stereocenters. The first-order chi connectivity index (χ1) is 13.8. The Bertz CT molecular complexity index is 984. The molecule has 0 N–H and O–H groups in total. The molecule has 154 valence electrons. The van der Waals surface area contributed by atoms with Gasteiger partial charge in [-0.15, -0.1) is 0 Å². The highest BCUT2D eigenvalue weighted by atomic mass is 32.2. The van der Waals surface area contributed by atoms with Crippen LogP contribution in [0.3, 0.4) is 0 Å². The fourth-order valence-corrected chi connectivity index (χ4v) is 3.61. The van der Waals surface area contributed by atoms with Gasteiger partial charge in [0.25, 0.3) is 15.9 Å². The van der Waals surface area contributed by atoms with Gasteiger partial charge in [0.05, 0.1) is 31.1 Å². The molecule has 0 heterocycles. The molecular weight excluding hydrogens is 394 g/mol. The van der Waals surface area contributed by atoms with E-state index in [2.05, 4.69) is 0 Å². The molecule has 0 radical (unpaired) electrons. The molecule has 9 heteroatoms. The van der Waals surface area contributed by atoms with Crippen molar-refractivity contribution in [2.45, 2.75) is 18.2 Å². The molecule has 0 saturated carbocycles. The van der Waals surface area contributed by atoms with Crippen molar-refractivity contribution < 1.29 is 22.8 Å². The summed E-state index contributed by atoms with van der Waals surface area (Å²) in [5.41, 5.74) is 0.762. The summed E-state index contributed by atoms with van der Waals surface area (Å²) in [6, 6.07) is 14.6. The van der Waals surface area contributed by atoms with E-state index in [9.17, 15) is 13.2 Å². The highest BCUT2D eigenvalue weighted by Crippen LogP contribution is 2.23. The number of ether oxygens (including phenoxy) is 1. The molecule has 0 aliphatic rings. The van der Waals surface area contributed by atoms with Gasteiger partial charge < -0.3 is 9.64 Å². The molecule has 0 bridgehead atoms. The van der Waals surface area contributed by atoms with Crippen molar-refractivity contribution >= 4 is 21.6 Å². The number of hydroxylamine groups is 1. The van der Waals surface area contributed by atoms with E-state index in [1.807, 2.05) is 13.0 Å². The van der Waals surface area contributed by atoms with Crippen molar-refractivity contribution in [3.63, 3.8) is 0 Å². The maximum absolute atomic E-state index is 13.1. The van der Waals surface area contributed by atoms with Crippen molar-refractivity contribution in [2.75, 3.05) is 32.2 Å². The Kier molecular flexibility index (Phi) is 7.73. The standard InChI is InChI=1S/C20H23N3O5S/c1-4-28-18-11-9-17(10-12-18)23(14-6-13-21)20(24)16-7-5-8-19(15-16)29(25,26)22(2)27-3/h5,7-12,15H,4,6,14H2,1-3H3. The van der Waals surface area contributed by atoms with Crippen LogP contribution >= 0.6 is 0 Å². The number of anilines is 1. The average molecular weight is 417 g/mol. The number of hydrogen-bond donors (Lipinski definition) is 0. The summed E-state index contributed by atoms with van der Waals surface area (Å²) in [6.45, 7) is 2.56. The number of benzene rings is 2. The van der Waals surface area contributed by atoms with Gasteiger partial charge in [-0.2, -0.15) is 5.26 Å². The third-order valence-electron chi connectivity index (χ3n) is 4.13. The minimum Gasteiger partial charge on any atom is -0.494 e. The smallest absolute Gasteiger partial charge is 0.264 e. The van der Waals surface area contributed by atoms with Crippen LogP contribution in [0.4, 0.5) is 5.69 Å². The molecule has 2 rings (SSSR count). The number of carbonyl (C=O) groups excluding carboxylic acids is 1. The number of amides is 1. The van der Waals surface area contributed by atoms with E-state index < -0.39 is 15.9 Å². The molecule has 2 aromatic carbocycles. The van der Waals surface area contributed by atoms with Crippen LogP contribution in [0.15, 0.2) is 53.4 Å². The molecule has 0 aromatic heterocycles. The monoisotopic (exact) mass is 417 g/mol. The third kappa shape index (κ3) is 5.32. The largest absolute Gasteiger partial charge is 0.494 e. The van der Waals surface area contributed by atoms with Gasteiger partial charge in [-0.25, -0.2) is 8.42 Å². The predicted octanol–water partition coefficient (Wildman–Crippen LogP) is 2.83. The van der Waals surface area contributed by atoms with Crippen molar-refractivity contribution in [1.29, 1.82) is 5.26 Å². The first kappa shape index (κ1) is 22.4. The fourth-order valence-electron chi connectivity index (χ4n) is 2.59. The second-order valence-corrected chi connectivity index (χ2v) is 7.85. The number of carbonyl (C=O) groups is 1. The summed E-state index contributed by atoms with van der Waals surface area (Å²) in [5, 5.41) is 8.96. The van der Waals surface area contributed by atoms with Gasteiger partial charge in [-0.05, 0) is 49.4 Å². The van der Waals surface area contributed by atoms with Gasteiger partial charge in [0.2, 0.25) is 0 Å². The summed E-state index contributed by atoms with van der Waals surface area (Å²) in [5.74, 6) is 0.251. The molecule has 0 atom stereocenters. The maximum Gasteiger partial charge on any atom is 0.264 e. The van der Waals surface area contributed by atoms with Crippen LogP contribution in [0.5, 0.6) is 5.75 Å². The molecule has 0 aliphatic carbocycles. The zero-order valence-electron chi connectivity index (χ0n) is 16.5. The van der Waals surface area contributed by atoms with E-state index in [-0.39, 0.29) is 23.4 Å². The van der Waals surface area contributed by atoms with Crippen LogP contribution in [0.25, 0.3) is 0 Å². The molecule has 8 nitrogen and oxygen atoms in total. The van der Waals surface area contributed by atoms with Crippen LogP contribution in [0, 0.1) is 11.3 Å². The molecule has 1 amide bonds. The van der Waals surface area contributed by atoms with Crippen LogP contribution in [-0.2, 0) is 14.9 Å². The highest BCUT2D eigenvalue weighted by molar-refractivity contribution is 7.89. The topological polar surface area (TPSA) is 99.9 Å². The van der Waals surface area contributed by atoms with Crippen LogP contribution in [0.1, 0.15) is 23.7 Å². The number of nitriles is 1. The number of rotatable bonds is 9. The number of sulfonamides is 1. The Hall–Kier alpha value is -2.93. The highest BCUT2D eigenvalue weighted by Gasteiger charge is 2.24. The van der Waals surface area contributed by atoms with E-state index in [0.717, 1.165) is 4.47 Å². The Morgan fingerprint density at radius 2 is 1.86 bits per heavy atom. The summed E-state index contributed by atoms with van der Waals surface area (Å²) in [7, 11) is -1.39. The Morgan fingerprint density at radius 1 is 1.17 bits per heavy atom. The van der Waals surface area contributed by atoms with E-state index >= 15 is 0 Å². The summed E-state index contributed by atoms with van der Waals surface area (Å²) in [6.07, 6.45) is 0.128. The molecule has 0 saturated heterocycles. The fraction of sp³-hybridized carbons (Fsp3) is 0.300. The van der Waals surface area contributed by atoms with Crippen LogP contribution < -0.4 is 9.64 Å². The predicted molar refractivity (Wildman–Crippen MR) is 108 cm³/mol. The van der Waals surface area contributed by atoms with Gasteiger partial charge in [0.15, 0.2) is 0 Å². The van der Waals surface area contributed by atoms with Gasteiger partial charge in [0, 0.05) is 24.8 Å². The van der Waals surface area contributed by atoms with Crippen LogP contribution in [0.2, 0.25) is 0 Å². The lowest BCUT2D eigenvalue weighted by molar-refractivity contribution is -0.0258. The first-order valence-corrected chi connectivity index (χ1v) is 10.3. The Labute approximate surface area is 170 Å². The Morgan fingerprint density at radius 3 is 2.45 bits per heavy atom. The molecule has 0 fully saturated rings. The Balaban J connectivity index is 2.39. The quantitative estimate of drug-likeness (QED) is 0.582. The van der Waals surface area contributed by atoms with Gasteiger partial charge >= 0.3 is 0 Å². The van der Waals surface area contributed by atoms with Gasteiger partial charge in [-0.1, -0.05) is 10.5 Å². The minimum absolute atomic E-state index is 0.0698. The van der Waals surface area contributed by atoms with E-state index in [1.54, 1.807) is 24.3 Å². The lowest BCUT2D eigenvalue weighted by atomic mass is 10.1. The van der Waals surface area contributed by atoms with E-state index in [4.69, 9.17) is 14.8 Å². The lowest BCUT2D eigenvalue weighted by Crippen LogP contribution is -2.32. The van der Waals surface area contributed by atoms with Crippen molar-refractivity contribution in [1.82, 2.24) is 4.47 Å². The van der Waals surface area contributed by atoms with Crippen LogP contribution in [-0.4, -0.2) is 46.1 Å². The second-order valence-electron chi connectivity index (χ2n) is 5.92. The van der Waals surface area contributed by atoms with E-state index in [1.165, 1.54) is 43.3 Å². The zero-order valence-corrected chi connectivity index (χ0v) is 17.3. The molecule has 2 aromatic rings.